The topological polar surface area (TPSA) is 55.3 Å². The lowest BCUT2D eigenvalue weighted by molar-refractivity contribution is -0.0329. The Hall–Kier alpha value is 0.230. The van der Waals surface area contributed by atoms with Gasteiger partial charge in [-0.05, 0) is 84.6 Å². The molecule has 1 rings (SSSR count). The highest BCUT2D eigenvalue weighted by molar-refractivity contribution is 7.98. The van der Waals surface area contributed by atoms with Gasteiger partial charge in [0.05, 0.1) is 0 Å². The molecule has 0 radical (unpaired) electrons. The largest absolute Gasteiger partial charge is 0.330 e. The molecule has 1 saturated heterocycles. The molecule has 1 aliphatic rings. The maximum atomic E-state index is 6.34. The van der Waals surface area contributed by atoms with E-state index in [0.29, 0.717) is 18.0 Å². The molecule has 3 nitrogen and oxygen atoms in total. The Labute approximate surface area is 155 Å². The van der Waals surface area contributed by atoms with Crippen LogP contribution in [0.4, 0.5) is 0 Å². The van der Waals surface area contributed by atoms with Crippen LogP contribution >= 0.6 is 11.9 Å². The van der Waals surface area contributed by atoms with E-state index in [9.17, 15) is 0 Å². The first-order valence-electron chi connectivity index (χ1n) is 9.77. The highest BCUT2D eigenvalue weighted by atomic mass is 32.2. The lowest BCUT2D eigenvalue weighted by Gasteiger charge is -2.55. The standard InChI is InChI=1S/C20H43N3S/c1-15(10-9-13-21)20(24-22)12-11-16(2)23(18(4,5)6)17(3)19(7,8)14-20/h15-17H,9-14,21-22H2,1-8H3. The Morgan fingerprint density at radius 2 is 1.83 bits per heavy atom. The summed E-state index contributed by atoms with van der Waals surface area (Å²) >= 11 is 1.63. The van der Waals surface area contributed by atoms with Crippen molar-refractivity contribution in [2.45, 2.75) is 110 Å². The van der Waals surface area contributed by atoms with E-state index >= 15 is 0 Å². The fraction of sp³-hybridized carbons (Fsp3) is 1.00. The van der Waals surface area contributed by atoms with E-state index < -0.39 is 0 Å². The molecule has 0 bridgehead atoms. The summed E-state index contributed by atoms with van der Waals surface area (Å²) in [6.07, 6.45) is 5.87. The third-order valence-corrected chi connectivity index (χ3v) is 7.73. The molecule has 0 aromatic heterocycles. The van der Waals surface area contributed by atoms with Gasteiger partial charge in [-0.2, -0.15) is 0 Å². The van der Waals surface area contributed by atoms with Crippen molar-refractivity contribution < 1.29 is 0 Å². The third-order valence-electron chi connectivity index (χ3n) is 6.51. The summed E-state index contributed by atoms with van der Waals surface area (Å²) in [6.45, 7) is 19.9. The molecule has 0 aromatic rings. The maximum absolute atomic E-state index is 6.34. The Balaban J connectivity index is 3.17. The summed E-state index contributed by atoms with van der Waals surface area (Å²) in [6, 6.07) is 1.11. The molecule has 1 fully saturated rings. The van der Waals surface area contributed by atoms with Gasteiger partial charge in [0.25, 0.3) is 0 Å². The number of likely N-dealkylation sites (tertiary alicyclic amines) is 1. The first kappa shape index (κ1) is 22.3. The van der Waals surface area contributed by atoms with Gasteiger partial charge in [-0.1, -0.05) is 32.7 Å². The molecular weight excluding hydrogens is 314 g/mol. The van der Waals surface area contributed by atoms with E-state index in [1.807, 2.05) is 0 Å². The van der Waals surface area contributed by atoms with E-state index in [1.54, 1.807) is 11.9 Å². The van der Waals surface area contributed by atoms with E-state index in [4.69, 9.17) is 10.9 Å². The van der Waals surface area contributed by atoms with Gasteiger partial charge in [0.1, 0.15) is 0 Å². The minimum atomic E-state index is 0.172. The van der Waals surface area contributed by atoms with Crippen LogP contribution in [0.1, 0.15) is 87.5 Å². The molecule has 4 heteroatoms. The van der Waals surface area contributed by atoms with Gasteiger partial charge in [-0.3, -0.25) is 10.0 Å². The van der Waals surface area contributed by atoms with Gasteiger partial charge < -0.3 is 5.73 Å². The second kappa shape index (κ2) is 8.28. The highest BCUT2D eigenvalue weighted by Gasteiger charge is 2.48. The molecule has 4 N–H and O–H groups in total. The van der Waals surface area contributed by atoms with Crippen molar-refractivity contribution >= 4 is 11.9 Å². The zero-order chi connectivity index (χ0) is 18.8. The fourth-order valence-corrected chi connectivity index (χ4v) is 5.97. The first-order chi connectivity index (χ1) is 10.9. The second-order valence-corrected chi connectivity index (χ2v) is 10.9. The van der Waals surface area contributed by atoms with Crippen LogP contribution in [0, 0.1) is 11.3 Å². The van der Waals surface area contributed by atoms with Crippen LogP contribution in [0.5, 0.6) is 0 Å². The normalized spacial score (nSPS) is 33.8. The number of hydrogen-bond acceptors (Lipinski definition) is 4. The Morgan fingerprint density at radius 3 is 2.29 bits per heavy atom. The summed E-state index contributed by atoms with van der Waals surface area (Å²) in [4.78, 5) is 2.74. The van der Waals surface area contributed by atoms with Crippen LogP contribution in [0.3, 0.4) is 0 Å². The van der Waals surface area contributed by atoms with Crippen molar-refractivity contribution in [1.82, 2.24) is 4.90 Å². The van der Waals surface area contributed by atoms with Gasteiger partial charge in [0.2, 0.25) is 0 Å². The Bertz CT molecular complexity index is 391. The predicted octanol–water partition coefficient (Wildman–Crippen LogP) is 4.79. The number of rotatable bonds is 5. The van der Waals surface area contributed by atoms with Crippen LogP contribution in [0.15, 0.2) is 0 Å². The lowest BCUT2D eigenvalue weighted by atomic mass is 9.68. The zero-order valence-corrected chi connectivity index (χ0v) is 18.3. The lowest BCUT2D eigenvalue weighted by Crippen LogP contribution is -2.59. The Kier molecular flexibility index (Phi) is 7.69. The molecule has 1 heterocycles. The monoisotopic (exact) mass is 357 g/mol. The Morgan fingerprint density at radius 1 is 1.25 bits per heavy atom. The molecule has 0 aromatic carbocycles. The van der Waals surface area contributed by atoms with Crippen LogP contribution in [-0.2, 0) is 0 Å². The summed E-state index contributed by atoms with van der Waals surface area (Å²) in [5, 5.41) is 6.34. The molecule has 4 atom stereocenters. The maximum Gasteiger partial charge on any atom is 0.0334 e. The summed E-state index contributed by atoms with van der Waals surface area (Å²) in [5.41, 5.74) is 6.18. The van der Waals surface area contributed by atoms with E-state index in [-0.39, 0.29) is 15.7 Å². The number of nitrogens with zero attached hydrogens (tertiary/aromatic N) is 1. The van der Waals surface area contributed by atoms with Crippen LogP contribution in [-0.4, -0.2) is 33.8 Å². The fourth-order valence-electron chi connectivity index (χ4n) is 4.92. The van der Waals surface area contributed by atoms with Gasteiger partial charge in [-0.15, -0.1) is 0 Å². The van der Waals surface area contributed by atoms with Crippen LogP contribution in [0.25, 0.3) is 0 Å². The van der Waals surface area contributed by atoms with Gasteiger partial charge in [0.15, 0.2) is 0 Å². The molecule has 0 spiro atoms. The molecular formula is C20H43N3S. The van der Waals surface area contributed by atoms with E-state index in [1.165, 1.54) is 25.7 Å². The van der Waals surface area contributed by atoms with Crippen molar-refractivity contribution in [2.24, 2.45) is 22.2 Å². The molecule has 4 unspecified atom stereocenters. The summed E-state index contributed by atoms with van der Waals surface area (Å²) in [7, 11) is 0. The van der Waals surface area contributed by atoms with Gasteiger partial charge in [0, 0.05) is 22.4 Å². The van der Waals surface area contributed by atoms with Crippen molar-refractivity contribution in [3.05, 3.63) is 0 Å². The smallest absolute Gasteiger partial charge is 0.0334 e. The molecule has 144 valence electrons. The summed E-state index contributed by atoms with van der Waals surface area (Å²) < 4.78 is 0.172. The molecule has 0 amide bonds. The second-order valence-electron chi connectivity index (χ2n) is 9.82. The minimum Gasteiger partial charge on any atom is -0.330 e. The van der Waals surface area contributed by atoms with Crippen molar-refractivity contribution in [1.29, 1.82) is 0 Å². The van der Waals surface area contributed by atoms with Gasteiger partial charge in [-0.25, -0.2) is 0 Å². The zero-order valence-electron chi connectivity index (χ0n) is 17.5. The predicted molar refractivity (Wildman–Crippen MR) is 110 cm³/mol. The summed E-state index contributed by atoms with van der Waals surface area (Å²) in [5.74, 6) is 0.607. The molecule has 1 aliphatic heterocycles. The quantitative estimate of drug-likeness (QED) is 0.694. The highest BCUT2D eigenvalue weighted by Crippen LogP contribution is 2.50. The van der Waals surface area contributed by atoms with Crippen molar-refractivity contribution in [3.8, 4) is 0 Å². The van der Waals surface area contributed by atoms with Gasteiger partial charge >= 0.3 is 0 Å². The van der Waals surface area contributed by atoms with Crippen molar-refractivity contribution in [2.75, 3.05) is 6.54 Å². The average molecular weight is 358 g/mol. The van der Waals surface area contributed by atoms with Crippen LogP contribution in [0.2, 0.25) is 0 Å². The average Bonchev–Trinajstić information content (AvgIpc) is 2.46. The molecule has 0 saturated carbocycles. The number of nitrogens with two attached hydrogens (primary N) is 2. The molecule has 24 heavy (non-hydrogen) atoms. The number of hydrogen-bond donors (Lipinski definition) is 2. The van der Waals surface area contributed by atoms with Crippen LogP contribution < -0.4 is 10.9 Å². The minimum absolute atomic E-state index is 0.172. The van der Waals surface area contributed by atoms with E-state index in [2.05, 4.69) is 60.3 Å². The van der Waals surface area contributed by atoms with E-state index in [0.717, 1.165) is 13.0 Å². The third kappa shape index (κ3) is 4.90. The molecule has 0 aliphatic carbocycles. The SMILES string of the molecule is CC1CCC(SN)(C(C)CCCN)CC(C)(C)C(C)N1C(C)(C)C. The first-order valence-corrected chi connectivity index (χ1v) is 10.7. The van der Waals surface area contributed by atoms with Crippen molar-refractivity contribution in [3.63, 3.8) is 0 Å².